The lowest BCUT2D eigenvalue weighted by Gasteiger charge is -2.33. The van der Waals surface area contributed by atoms with Gasteiger partial charge in [-0.2, -0.15) is 0 Å². The molecule has 19 heavy (non-hydrogen) atoms. The van der Waals surface area contributed by atoms with E-state index in [2.05, 4.69) is 17.4 Å². The Kier molecular flexibility index (Phi) is 3.66. The van der Waals surface area contributed by atoms with Crippen LogP contribution in [0.15, 0.2) is 24.3 Å². The van der Waals surface area contributed by atoms with Gasteiger partial charge in [0, 0.05) is 48.5 Å². The first-order valence-electron chi connectivity index (χ1n) is 6.68. The molecule has 1 aromatic rings. The Hall–Kier alpha value is -1.20. The van der Waals surface area contributed by atoms with Gasteiger partial charge >= 0.3 is 0 Å². The van der Waals surface area contributed by atoms with Crippen molar-refractivity contribution in [2.24, 2.45) is 0 Å². The smallest absolute Gasteiger partial charge is 0.231 e. The molecule has 3 rings (SSSR count). The number of nitrogens with zero attached hydrogens (tertiary/aromatic N) is 1. The van der Waals surface area contributed by atoms with Crippen molar-refractivity contribution in [3.63, 3.8) is 0 Å². The summed E-state index contributed by atoms with van der Waals surface area (Å²) in [5.41, 5.74) is 2.37. The molecule has 4 nitrogen and oxygen atoms in total. The second-order valence-electron chi connectivity index (χ2n) is 5.06. The summed E-state index contributed by atoms with van der Waals surface area (Å²) in [7, 11) is -0.737. The Morgan fingerprint density at radius 2 is 2.00 bits per heavy atom. The van der Waals surface area contributed by atoms with E-state index in [1.807, 2.05) is 17.0 Å². The minimum atomic E-state index is -0.737. The van der Waals surface area contributed by atoms with Gasteiger partial charge < -0.3 is 10.2 Å². The van der Waals surface area contributed by atoms with Gasteiger partial charge in [-0.25, -0.2) is 0 Å². The van der Waals surface area contributed by atoms with Gasteiger partial charge in [0.05, 0.1) is 5.92 Å². The Bertz CT molecular complexity index is 508. The molecule has 0 radical (unpaired) electrons. The molecule has 1 unspecified atom stereocenters. The highest BCUT2D eigenvalue weighted by atomic mass is 32.2. The van der Waals surface area contributed by atoms with Crippen molar-refractivity contribution in [1.29, 1.82) is 0 Å². The summed E-state index contributed by atoms with van der Waals surface area (Å²) in [6.07, 6.45) is 0. The summed E-state index contributed by atoms with van der Waals surface area (Å²) < 4.78 is 11.4. The quantitative estimate of drug-likeness (QED) is 0.812. The molecule has 0 aliphatic carbocycles. The molecule has 0 bridgehead atoms. The van der Waals surface area contributed by atoms with Crippen LogP contribution in [0.4, 0.5) is 0 Å². The molecule has 2 aliphatic rings. The Morgan fingerprint density at radius 1 is 1.26 bits per heavy atom. The predicted octanol–water partition coefficient (Wildman–Crippen LogP) is 0.464. The summed E-state index contributed by atoms with van der Waals surface area (Å²) in [6.45, 7) is 2.80. The van der Waals surface area contributed by atoms with Crippen LogP contribution in [0.3, 0.4) is 0 Å². The molecule has 0 aromatic heterocycles. The molecule has 102 valence electrons. The van der Waals surface area contributed by atoms with Gasteiger partial charge in [0.1, 0.15) is 0 Å². The molecular formula is C14H18N2O2S. The SMILES string of the molecule is O=C(C1CNCc2ccccc21)N1CCS(=O)CC1. The number of hydrogen-bond acceptors (Lipinski definition) is 3. The van der Waals surface area contributed by atoms with Crippen LogP contribution in [-0.4, -0.2) is 46.2 Å². The minimum Gasteiger partial charge on any atom is -0.340 e. The van der Waals surface area contributed by atoms with Crippen LogP contribution in [0.25, 0.3) is 0 Å². The van der Waals surface area contributed by atoms with E-state index in [4.69, 9.17) is 0 Å². The molecule has 1 amide bonds. The number of fused-ring (bicyclic) bond motifs is 1. The zero-order chi connectivity index (χ0) is 13.2. The van der Waals surface area contributed by atoms with Crippen LogP contribution in [0.2, 0.25) is 0 Å². The second-order valence-corrected chi connectivity index (χ2v) is 6.75. The summed E-state index contributed by atoms with van der Waals surface area (Å²) in [4.78, 5) is 14.5. The summed E-state index contributed by atoms with van der Waals surface area (Å²) >= 11 is 0. The lowest BCUT2D eigenvalue weighted by molar-refractivity contribution is -0.132. The average Bonchev–Trinajstić information content (AvgIpc) is 2.47. The number of amides is 1. The molecule has 5 heteroatoms. The molecule has 0 saturated carbocycles. The average molecular weight is 278 g/mol. The molecule has 1 N–H and O–H groups in total. The van der Waals surface area contributed by atoms with Crippen LogP contribution in [0.1, 0.15) is 17.0 Å². The number of carbonyl (C=O) groups excluding carboxylic acids is 1. The Morgan fingerprint density at radius 3 is 2.79 bits per heavy atom. The molecule has 1 fully saturated rings. The number of carbonyl (C=O) groups is 1. The lowest BCUT2D eigenvalue weighted by atomic mass is 9.90. The van der Waals surface area contributed by atoms with Gasteiger partial charge in [-0.05, 0) is 11.1 Å². The van der Waals surface area contributed by atoms with Crippen molar-refractivity contribution in [3.8, 4) is 0 Å². The Labute approximate surface area is 115 Å². The maximum absolute atomic E-state index is 12.6. The third-order valence-corrected chi connectivity index (χ3v) is 5.16. The van der Waals surface area contributed by atoms with E-state index in [-0.39, 0.29) is 11.8 Å². The molecule has 1 atom stereocenters. The molecule has 2 heterocycles. The summed E-state index contributed by atoms with van der Waals surface area (Å²) in [5.74, 6) is 1.33. The molecule has 0 spiro atoms. The first-order valence-corrected chi connectivity index (χ1v) is 8.17. The van der Waals surface area contributed by atoms with E-state index in [0.29, 0.717) is 31.1 Å². The number of hydrogen-bond donors (Lipinski definition) is 1. The van der Waals surface area contributed by atoms with E-state index in [1.54, 1.807) is 0 Å². The van der Waals surface area contributed by atoms with E-state index >= 15 is 0 Å². The molecule has 1 aromatic carbocycles. The summed E-state index contributed by atoms with van der Waals surface area (Å²) in [5, 5.41) is 3.31. The van der Waals surface area contributed by atoms with Crippen molar-refractivity contribution in [1.82, 2.24) is 10.2 Å². The standard InChI is InChI=1S/C14H18N2O2S/c17-14(16-5-7-19(18)8-6-16)13-10-15-9-11-3-1-2-4-12(11)13/h1-4,13,15H,5-10H2. The van der Waals surface area contributed by atoms with Crippen molar-refractivity contribution in [2.75, 3.05) is 31.1 Å². The highest BCUT2D eigenvalue weighted by Crippen LogP contribution is 2.26. The third-order valence-electron chi connectivity index (χ3n) is 3.88. The fourth-order valence-corrected chi connectivity index (χ4v) is 3.85. The van der Waals surface area contributed by atoms with E-state index < -0.39 is 10.8 Å². The number of benzene rings is 1. The van der Waals surface area contributed by atoms with Crippen molar-refractivity contribution in [3.05, 3.63) is 35.4 Å². The highest BCUT2D eigenvalue weighted by Gasteiger charge is 2.31. The van der Waals surface area contributed by atoms with Gasteiger partial charge in [-0.3, -0.25) is 9.00 Å². The van der Waals surface area contributed by atoms with Crippen LogP contribution in [0, 0.1) is 0 Å². The van der Waals surface area contributed by atoms with Crippen molar-refractivity contribution < 1.29 is 9.00 Å². The summed E-state index contributed by atoms with van der Waals surface area (Å²) in [6, 6.07) is 8.14. The van der Waals surface area contributed by atoms with E-state index in [9.17, 15) is 9.00 Å². The van der Waals surface area contributed by atoms with Gasteiger partial charge in [0.25, 0.3) is 0 Å². The predicted molar refractivity (Wildman–Crippen MR) is 75.3 cm³/mol. The third kappa shape index (κ3) is 2.58. The largest absolute Gasteiger partial charge is 0.340 e. The van der Waals surface area contributed by atoms with Crippen molar-refractivity contribution >= 4 is 16.7 Å². The second kappa shape index (κ2) is 5.43. The number of rotatable bonds is 1. The Balaban J connectivity index is 1.79. The van der Waals surface area contributed by atoms with Gasteiger partial charge in [0.2, 0.25) is 5.91 Å². The fraction of sp³-hybridized carbons (Fsp3) is 0.500. The van der Waals surface area contributed by atoms with Gasteiger partial charge in [0.15, 0.2) is 0 Å². The highest BCUT2D eigenvalue weighted by molar-refractivity contribution is 7.85. The minimum absolute atomic E-state index is 0.0866. The zero-order valence-corrected chi connectivity index (χ0v) is 11.6. The topological polar surface area (TPSA) is 49.4 Å². The van der Waals surface area contributed by atoms with Crippen LogP contribution in [-0.2, 0) is 22.1 Å². The van der Waals surface area contributed by atoms with Crippen LogP contribution in [0.5, 0.6) is 0 Å². The zero-order valence-electron chi connectivity index (χ0n) is 10.8. The maximum atomic E-state index is 12.6. The first-order chi connectivity index (χ1) is 9.25. The monoisotopic (exact) mass is 278 g/mol. The van der Waals surface area contributed by atoms with Crippen molar-refractivity contribution in [2.45, 2.75) is 12.5 Å². The van der Waals surface area contributed by atoms with Crippen LogP contribution >= 0.6 is 0 Å². The van der Waals surface area contributed by atoms with Gasteiger partial charge in [-0.1, -0.05) is 24.3 Å². The molecule has 2 aliphatic heterocycles. The van der Waals surface area contributed by atoms with E-state index in [0.717, 1.165) is 12.1 Å². The lowest BCUT2D eigenvalue weighted by Crippen LogP contribution is -2.47. The normalized spacial score (nSPS) is 24.0. The fourth-order valence-electron chi connectivity index (χ4n) is 2.80. The van der Waals surface area contributed by atoms with Crippen LogP contribution < -0.4 is 5.32 Å². The number of nitrogens with one attached hydrogen (secondary N) is 1. The first kappa shape index (κ1) is 12.8. The molecule has 1 saturated heterocycles. The molecular weight excluding hydrogens is 260 g/mol. The maximum Gasteiger partial charge on any atom is 0.231 e. The van der Waals surface area contributed by atoms with E-state index in [1.165, 1.54) is 5.56 Å². The van der Waals surface area contributed by atoms with Gasteiger partial charge in [-0.15, -0.1) is 0 Å².